The zero-order valence-electron chi connectivity index (χ0n) is 19.9. The lowest BCUT2D eigenvalue weighted by atomic mass is 9.94. The number of nitrogens with zero attached hydrogens (tertiary/aromatic N) is 2. The maximum absolute atomic E-state index is 13.3. The molecule has 1 amide bonds. The van der Waals surface area contributed by atoms with E-state index in [1.165, 1.54) is 4.90 Å². The minimum absolute atomic E-state index is 0.0623. The first-order valence-electron chi connectivity index (χ1n) is 11.4. The van der Waals surface area contributed by atoms with Gasteiger partial charge in [0.15, 0.2) is 0 Å². The van der Waals surface area contributed by atoms with Crippen LogP contribution in [0.25, 0.3) is 5.76 Å². The second-order valence-corrected chi connectivity index (χ2v) is 9.94. The third-order valence-corrected chi connectivity index (χ3v) is 6.29. The Morgan fingerprint density at radius 3 is 2.60 bits per heavy atom. The molecule has 0 bridgehead atoms. The molecule has 1 fully saturated rings. The van der Waals surface area contributed by atoms with Crippen molar-refractivity contribution in [3.8, 4) is 5.75 Å². The van der Waals surface area contributed by atoms with Crippen LogP contribution in [-0.2, 0) is 16.1 Å². The molecule has 1 aromatic heterocycles. The molecule has 1 N–H and O–H groups in total. The summed E-state index contributed by atoms with van der Waals surface area (Å²) in [6.45, 7) is 6.80. The summed E-state index contributed by atoms with van der Waals surface area (Å²) in [4.78, 5) is 32.0. The highest BCUT2D eigenvalue weighted by molar-refractivity contribution is 9.10. The standard InChI is InChI=1S/C28H27BrN2O4/c1-17(2)16-35-23-10-9-21(12-18(23)3)26(32)24-25(20-7-4-8-22(29)13-20)31(28(34)27(24)33)15-19-6-5-11-30-14-19/h4-14,17,25,32H,15-16H2,1-3H3/b26-24+/t25-/m1/s1. The summed E-state index contributed by atoms with van der Waals surface area (Å²) in [5, 5.41) is 11.3. The van der Waals surface area contributed by atoms with Crippen molar-refractivity contribution in [1.82, 2.24) is 9.88 Å². The van der Waals surface area contributed by atoms with E-state index in [9.17, 15) is 14.7 Å². The first kappa shape index (κ1) is 24.7. The molecule has 0 spiro atoms. The van der Waals surface area contributed by atoms with E-state index in [1.807, 2.05) is 37.3 Å². The normalized spacial score (nSPS) is 17.3. The molecule has 0 radical (unpaired) electrons. The van der Waals surface area contributed by atoms with Crippen molar-refractivity contribution >= 4 is 33.4 Å². The van der Waals surface area contributed by atoms with E-state index in [0.717, 1.165) is 26.9 Å². The number of aliphatic hydroxyl groups excluding tert-OH is 1. The van der Waals surface area contributed by atoms with E-state index in [0.29, 0.717) is 18.1 Å². The van der Waals surface area contributed by atoms with Gasteiger partial charge in [0.05, 0.1) is 18.2 Å². The molecular weight excluding hydrogens is 508 g/mol. The molecule has 6 nitrogen and oxygen atoms in total. The Hall–Kier alpha value is -3.45. The number of halogens is 1. The number of aryl methyl sites for hydroxylation is 1. The van der Waals surface area contributed by atoms with Crippen molar-refractivity contribution in [2.75, 3.05) is 6.61 Å². The Bertz CT molecular complexity index is 1290. The Morgan fingerprint density at radius 2 is 1.94 bits per heavy atom. The summed E-state index contributed by atoms with van der Waals surface area (Å²) in [7, 11) is 0. The average Bonchev–Trinajstić information content (AvgIpc) is 3.08. The van der Waals surface area contributed by atoms with Crippen LogP contribution >= 0.6 is 15.9 Å². The minimum Gasteiger partial charge on any atom is -0.507 e. The molecule has 2 heterocycles. The van der Waals surface area contributed by atoms with Crippen LogP contribution in [0.4, 0.5) is 0 Å². The van der Waals surface area contributed by atoms with Gasteiger partial charge in [-0.15, -0.1) is 0 Å². The third-order valence-electron chi connectivity index (χ3n) is 5.80. The Balaban J connectivity index is 1.79. The quantitative estimate of drug-likeness (QED) is 0.235. The topological polar surface area (TPSA) is 79.7 Å². The van der Waals surface area contributed by atoms with Crippen molar-refractivity contribution in [2.24, 2.45) is 5.92 Å². The van der Waals surface area contributed by atoms with Crippen molar-refractivity contribution < 1.29 is 19.4 Å². The summed E-state index contributed by atoms with van der Waals surface area (Å²) in [6, 6.07) is 15.6. The molecule has 1 aliphatic heterocycles. The van der Waals surface area contributed by atoms with Gasteiger partial charge in [0.2, 0.25) is 0 Å². The number of ether oxygens (including phenoxy) is 1. The van der Waals surface area contributed by atoms with Crippen molar-refractivity contribution in [3.05, 3.63) is 99.3 Å². The number of carbonyl (C=O) groups is 2. The van der Waals surface area contributed by atoms with E-state index in [1.54, 1.807) is 36.7 Å². The highest BCUT2D eigenvalue weighted by Gasteiger charge is 2.46. The van der Waals surface area contributed by atoms with Gasteiger partial charge < -0.3 is 14.7 Å². The highest BCUT2D eigenvalue weighted by Crippen LogP contribution is 2.41. The molecule has 7 heteroatoms. The van der Waals surface area contributed by atoms with Crippen molar-refractivity contribution in [2.45, 2.75) is 33.4 Å². The average molecular weight is 535 g/mol. The van der Waals surface area contributed by atoms with Crippen LogP contribution in [0.15, 0.2) is 77.0 Å². The van der Waals surface area contributed by atoms with E-state index in [4.69, 9.17) is 4.74 Å². The maximum Gasteiger partial charge on any atom is 0.295 e. The fraction of sp³-hybridized carbons (Fsp3) is 0.250. The summed E-state index contributed by atoms with van der Waals surface area (Å²) >= 11 is 3.48. The van der Waals surface area contributed by atoms with E-state index in [-0.39, 0.29) is 17.9 Å². The molecule has 4 rings (SSSR count). The molecular formula is C28H27BrN2O4. The lowest BCUT2D eigenvalue weighted by Crippen LogP contribution is -2.29. The van der Waals surface area contributed by atoms with E-state index < -0.39 is 17.7 Å². The van der Waals surface area contributed by atoms with Gasteiger partial charge in [0.25, 0.3) is 11.7 Å². The van der Waals surface area contributed by atoms with Gasteiger partial charge in [-0.3, -0.25) is 14.6 Å². The number of likely N-dealkylation sites (tertiary alicyclic amines) is 1. The number of rotatable bonds is 7. The van der Waals surface area contributed by atoms with Gasteiger partial charge in [-0.2, -0.15) is 0 Å². The molecule has 1 saturated heterocycles. The first-order valence-corrected chi connectivity index (χ1v) is 12.2. The molecule has 3 aromatic rings. The number of ketones is 1. The first-order chi connectivity index (χ1) is 16.8. The summed E-state index contributed by atoms with van der Waals surface area (Å²) in [6.07, 6.45) is 3.32. The second-order valence-electron chi connectivity index (χ2n) is 9.03. The maximum atomic E-state index is 13.3. The highest BCUT2D eigenvalue weighted by atomic mass is 79.9. The predicted octanol–water partition coefficient (Wildman–Crippen LogP) is 5.81. The van der Waals surface area contributed by atoms with E-state index >= 15 is 0 Å². The summed E-state index contributed by atoms with van der Waals surface area (Å²) < 4.78 is 6.66. The third kappa shape index (κ3) is 5.30. The number of amides is 1. The number of pyridine rings is 1. The predicted molar refractivity (Wildman–Crippen MR) is 138 cm³/mol. The largest absolute Gasteiger partial charge is 0.507 e. The number of hydrogen-bond donors (Lipinski definition) is 1. The van der Waals surface area contributed by atoms with Crippen LogP contribution in [0.5, 0.6) is 5.75 Å². The van der Waals surface area contributed by atoms with Crippen LogP contribution in [0.1, 0.15) is 42.1 Å². The van der Waals surface area contributed by atoms with Gasteiger partial charge >= 0.3 is 0 Å². The van der Waals surface area contributed by atoms with Crippen molar-refractivity contribution in [1.29, 1.82) is 0 Å². The molecule has 35 heavy (non-hydrogen) atoms. The van der Waals surface area contributed by atoms with Gasteiger partial charge in [0, 0.05) is 29.0 Å². The van der Waals surface area contributed by atoms with Crippen LogP contribution in [0.2, 0.25) is 0 Å². The molecule has 1 atom stereocenters. The van der Waals surface area contributed by atoms with Crippen LogP contribution in [0, 0.1) is 12.8 Å². The van der Waals surface area contributed by atoms with Crippen LogP contribution < -0.4 is 4.74 Å². The zero-order valence-corrected chi connectivity index (χ0v) is 21.5. The van der Waals surface area contributed by atoms with Gasteiger partial charge in [-0.05, 0) is 65.9 Å². The van der Waals surface area contributed by atoms with Gasteiger partial charge in [0.1, 0.15) is 11.5 Å². The smallest absolute Gasteiger partial charge is 0.295 e. The monoisotopic (exact) mass is 534 g/mol. The molecule has 0 aliphatic carbocycles. The van der Waals surface area contributed by atoms with Crippen LogP contribution in [-0.4, -0.2) is 33.3 Å². The lowest BCUT2D eigenvalue weighted by molar-refractivity contribution is -0.140. The summed E-state index contributed by atoms with van der Waals surface area (Å²) in [5.41, 5.74) is 2.86. The Kier molecular flexibility index (Phi) is 7.36. The molecule has 2 aromatic carbocycles. The fourth-order valence-corrected chi connectivity index (χ4v) is 4.54. The fourth-order valence-electron chi connectivity index (χ4n) is 4.13. The SMILES string of the molecule is Cc1cc(/C(O)=C2\C(=O)C(=O)N(Cc3cccnc3)[C@@H]2c2cccc(Br)c2)ccc1OCC(C)C. The number of aromatic nitrogens is 1. The van der Waals surface area contributed by atoms with E-state index in [2.05, 4.69) is 34.8 Å². The molecule has 0 unspecified atom stereocenters. The van der Waals surface area contributed by atoms with Crippen LogP contribution in [0.3, 0.4) is 0 Å². The van der Waals surface area contributed by atoms with Crippen molar-refractivity contribution in [3.63, 3.8) is 0 Å². The number of benzene rings is 2. The number of carbonyl (C=O) groups excluding carboxylic acids is 2. The Morgan fingerprint density at radius 1 is 1.14 bits per heavy atom. The number of Topliss-reactive ketones (excluding diaryl/α,β-unsaturated/α-hetero) is 1. The zero-order chi connectivity index (χ0) is 25.1. The minimum atomic E-state index is -0.745. The summed E-state index contributed by atoms with van der Waals surface area (Å²) in [5.74, 6) is -0.483. The number of aliphatic hydroxyl groups is 1. The lowest BCUT2D eigenvalue weighted by Gasteiger charge is -2.25. The molecule has 180 valence electrons. The molecule has 0 saturated carbocycles. The van der Waals surface area contributed by atoms with Gasteiger partial charge in [-0.25, -0.2) is 0 Å². The second kappa shape index (κ2) is 10.4. The Labute approximate surface area is 213 Å². The molecule has 1 aliphatic rings. The number of hydrogen-bond acceptors (Lipinski definition) is 5. The van der Waals surface area contributed by atoms with Gasteiger partial charge in [-0.1, -0.05) is 48.0 Å².